The first-order valence-electron chi connectivity index (χ1n) is 8.14. The topological polar surface area (TPSA) is 15.3 Å². The Morgan fingerprint density at radius 3 is 2.38 bits per heavy atom. The van der Waals surface area contributed by atoms with E-state index < -0.39 is 0 Å². The lowest BCUT2D eigenvalue weighted by Gasteiger charge is -2.34. The quantitative estimate of drug-likeness (QED) is 0.733. The van der Waals surface area contributed by atoms with E-state index in [0.29, 0.717) is 12.0 Å². The van der Waals surface area contributed by atoms with Crippen molar-refractivity contribution in [2.75, 3.05) is 20.1 Å². The molecule has 0 aliphatic rings. The average molecular weight is 294 g/mol. The van der Waals surface area contributed by atoms with Gasteiger partial charge in [-0.3, -0.25) is 4.90 Å². The molecule has 1 aromatic carbocycles. The molecule has 2 atom stereocenters. The molecule has 1 N–H and O–H groups in total. The third-order valence-corrected chi connectivity index (χ3v) is 4.10. The van der Waals surface area contributed by atoms with Crippen LogP contribution >= 0.6 is 0 Å². The number of benzene rings is 1. The number of likely N-dealkylation sites (N-methyl/N-ethyl adjacent to an activating group) is 1. The maximum absolute atomic E-state index is 14.0. The van der Waals surface area contributed by atoms with E-state index in [0.717, 1.165) is 31.5 Å². The molecule has 0 amide bonds. The van der Waals surface area contributed by atoms with Crippen molar-refractivity contribution in [2.24, 2.45) is 5.92 Å². The minimum absolute atomic E-state index is 0.0867. The van der Waals surface area contributed by atoms with Gasteiger partial charge in [-0.05, 0) is 38.9 Å². The Hall–Kier alpha value is -0.930. The van der Waals surface area contributed by atoms with Gasteiger partial charge in [-0.1, -0.05) is 45.4 Å². The summed E-state index contributed by atoms with van der Waals surface area (Å²) in [6.45, 7) is 10.7. The molecule has 0 saturated carbocycles. The Bertz CT molecular complexity index is 406. The summed E-state index contributed by atoms with van der Waals surface area (Å²) in [5.74, 6) is 0.545. The normalized spacial score (nSPS) is 14.7. The summed E-state index contributed by atoms with van der Waals surface area (Å²) in [4.78, 5) is 2.30. The number of nitrogens with one attached hydrogen (secondary N) is 1. The molecule has 0 spiro atoms. The van der Waals surface area contributed by atoms with Crippen molar-refractivity contribution >= 4 is 0 Å². The molecule has 1 rings (SSSR count). The third kappa shape index (κ3) is 5.76. The van der Waals surface area contributed by atoms with Crippen LogP contribution in [0.1, 0.15) is 52.1 Å². The molecular formula is C18H31FN2. The van der Waals surface area contributed by atoms with E-state index in [4.69, 9.17) is 0 Å². The number of halogens is 1. The van der Waals surface area contributed by atoms with Gasteiger partial charge in [0.05, 0.1) is 0 Å². The van der Waals surface area contributed by atoms with Gasteiger partial charge in [0, 0.05) is 24.2 Å². The van der Waals surface area contributed by atoms with Gasteiger partial charge in [-0.15, -0.1) is 0 Å². The van der Waals surface area contributed by atoms with Crippen molar-refractivity contribution in [3.63, 3.8) is 0 Å². The van der Waals surface area contributed by atoms with Crippen LogP contribution in [0.4, 0.5) is 4.39 Å². The molecule has 21 heavy (non-hydrogen) atoms. The second-order valence-corrected chi connectivity index (χ2v) is 6.36. The molecule has 0 aliphatic carbocycles. The fraction of sp³-hybridized carbons (Fsp3) is 0.667. The summed E-state index contributed by atoms with van der Waals surface area (Å²) in [5, 5.41) is 3.54. The first kappa shape index (κ1) is 18.1. The largest absolute Gasteiger partial charge is 0.315 e. The van der Waals surface area contributed by atoms with Crippen molar-refractivity contribution < 1.29 is 4.39 Å². The minimum Gasteiger partial charge on any atom is -0.315 e. The third-order valence-electron chi connectivity index (χ3n) is 4.10. The predicted molar refractivity (Wildman–Crippen MR) is 89.0 cm³/mol. The standard InChI is InChI=1S/C18H31FN2/c1-6-9-16(13-20-12-14(2)3)21(5)15(4)17-10-7-8-11-18(17)19/h7-8,10-11,14-16,20H,6,9,12-13H2,1-5H3. The molecule has 0 bridgehead atoms. The van der Waals surface area contributed by atoms with Crippen LogP contribution in [0.3, 0.4) is 0 Å². The molecule has 0 fully saturated rings. The molecule has 2 nitrogen and oxygen atoms in total. The summed E-state index contributed by atoms with van der Waals surface area (Å²) in [7, 11) is 2.11. The molecule has 0 aliphatic heterocycles. The van der Waals surface area contributed by atoms with Crippen molar-refractivity contribution in [1.29, 1.82) is 0 Å². The highest BCUT2D eigenvalue weighted by molar-refractivity contribution is 5.20. The maximum atomic E-state index is 14.0. The summed E-state index contributed by atoms with van der Waals surface area (Å²) in [5.41, 5.74) is 0.782. The highest BCUT2D eigenvalue weighted by atomic mass is 19.1. The molecule has 0 aromatic heterocycles. The van der Waals surface area contributed by atoms with E-state index in [1.54, 1.807) is 12.1 Å². The van der Waals surface area contributed by atoms with Crippen molar-refractivity contribution in [2.45, 2.75) is 52.6 Å². The van der Waals surface area contributed by atoms with Gasteiger partial charge in [0.15, 0.2) is 0 Å². The fourth-order valence-corrected chi connectivity index (χ4v) is 2.67. The summed E-state index contributed by atoms with van der Waals surface area (Å²) in [6.07, 6.45) is 2.27. The van der Waals surface area contributed by atoms with Crippen molar-refractivity contribution in [1.82, 2.24) is 10.2 Å². The van der Waals surface area contributed by atoms with Crippen LogP contribution in [0, 0.1) is 11.7 Å². The van der Waals surface area contributed by atoms with Gasteiger partial charge in [0.2, 0.25) is 0 Å². The summed E-state index contributed by atoms with van der Waals surface area (Å²) >= 11 is 0. The summed E-state index contributed by atoms with van der Waals surface area (Å²) < 4.78 is 14.0. The van der Waals surface area contributed by atoms with E-state index >= 15 is 0 Å². The molecule has 0 heterocycles. The first-order chi connectivity index (χ1) is 9.97. The Kier molecular flexibility index (Phi) is 7.91. The second-order valence-electron chi connectivity index (χ2n) is 6.36. The summed E-state index contributed by atoms with van der Waals surface area (Å²) in [6, 6.07) is 7.62. The zero-order valence-corrected chi connectivity index (χ0v) is 14.2. The Labute approximate surface area is 129 Å². The number of hydrogen-bond donors (Lipinski definition) is 1. The minimum atomic E-state index is -0.109. The zero-order chi connectivity index (χ0) is 15.8. The van der Waals surface area contributed by atoms with Gasteiger partial charge < -0.3 is 5.32 Å². The van der Waals surface area contributed by atoms with Gasteiger partial charge in [0.1, 0.15) is 5.82 Å². The second kappa shape index (κ2) is 9.16. The van der Waals surface area contributed by atoms with Gasteiger partial charge in [-0.25, -0.2) is 4.39 Å². The Morgan fingerprint density at radius 1 is 1.14 bits per heavy atom. The molecule has 2 unspecified atom stereocenters. The van der Waals surface area contributed by atoms with Crippen molar-refractivity contribution in [3.05, 3.63) is 35.6 Å². The van der Waals surface area contributed by atoms with Crippen LogP contribution < -0.4 is 5.32 Å². The van der Waals surface area contributed by atoms with Gasteiger partial charge in [0.25, 0.3) is 0 Å². The Morgan fingerprint density at radius 2 is 1.81 bits per heavy atom. The van der Waals surface area contributed by atoms with Crippen LogP contribution in [-0.4, -0.2) is 31.1 Å². The predicted octanol–water partition coefficient (Wildman–Crippen LogP) is 4.23. The number of nitrogens with zero attached hydrogens (tertiary/aromatic N) is 1. The van der Waals surface area contributed by atoms with Crippen LogP contribution in [0.25, 0.3) is 0 Å². The van der Waals surface area contributed by atoms with Crippen molar-refractivity contribution in [3.8, 4) is 0 Å². The number of rotatable bonds is 9. The molecule has 0 saturated heterocycles. The SMILES string of the molecule is CCCC(CNCC(C)C)N(C)C(C)c1ccccc1F. The van der Waals surface area contributed by atoms with Crippen LogP contribution in [-0.2, 0) is 0 Å². The monoisotopic (exact) mass is 294 g/mol. The lowest BCUT2D eigenvalue weighted by Crippen LogP contribution is -2.42. The lowest BCUT2D eigenvalue weighted by molar-refractivity contribution is 0.167. The zero-order valence-electron chi connectivity index (χ0n) is 14.2. The molecule has 120 valence electrons. The first-order valence-corrected chi connectivity index (χ1v) is 8.14. The van der Waals surface area contributed by atoms with E-state index in [2.05, 4.69) is 45.0 Å². The fourth-order valence-electron chi connectivity index (χ4n) is 2.67. The molecule has 3 heteroatoms. The smallest absolute Gasteiger partial charge is 0.127 e. The number of hydrogen-bond acceptors (Lipinski definition) is 2. The maximum Gasteiger partial charge on any atom is 0.127 e. The van der Waals surface area contributed by atoms with Gasteiger partial charge >= 0.3 is 0 Å². The molecular weight excluding hydrogens is 263 g/mol. The van der Waals surface area contributed by atoms with E-state index in [1.165, 1.54) is 0 Å². The average Bonchev–Trinajstić information content (AvgIpc) is 2.45. The van der Waals surface area contributed by atoms with Crippen LogP contribution in [0.2, 0.25) is 0 Å². The van der Waals surface area contributed by atoms with Gasteiger partial charge in [-0.2, -0.15) is 0 Å². The van der Waals surface area contributed by atoms with E-state index in [9.17, 15) is 4.39 Å². The van der Waals surface area contributed by atoms with Crippen LogP contribution in [0.5, 0.6) is 0 Å². The highest BCUT2D eigenvalue weighted by Gasteiger charge is 2.22. The Balaban J connectivity index is 2.70. The lowest BCUT2D eigenvalue weighted by atomic mass is 10.0. The van der Waals surface area contributed by atoms with E-state index in [-0.39, 0.29) is 11.9 Å². The molecule has 1 aromatic rings. The van der Waals surface area contributed by atoms with E-state index in [1.807, 2.05) is 12.1 Å². The van der Waals surface area contributed by atoms with Crippen LogP contribution in [0.15, 0.2) is 24.3 Å². The molecule has 0 radical (unpaired) electrons. The highest BCUT2D eigenvalue weighted by Crippen LogP contribution is 2.24.